The Balaban J connectivity index is 1.97. The van der Waals surface area contributed by atoms with Crippen LogP contribution in [0.2, 0.25) is 0 Å². The molecule has 8 N–H and O–H groups in total. The first-order valence-electron chi connectivity index (χ1n) is 9.56. The van der Waals surface area contributed by atoms with Gasteiger partial charge in [0.25, 0.3) is 0 Å². The van der Waals surface area contributed by atoms with Gasteiger partial charge in [0.2, 0.25) is 17.7 Å². The lowest BCUT2D eigenvalue weighted by molar-refractivity contribution is -0.140. The van der Waals surface area contributed by atoms with E-state index in [1.54, 1.807) is 0 Å². The Hall–Kier alpha value is -2.49. The van der Waals surface area contributed by atoms with E-state index in [1.807, 2.05) is 30.3 Å². The van der Waals surface area contributed by atoms with Gasteiger partial charge in [-0.3, -0.25) is 14.4 Å². The van der Waals surface area contributed by atoms with Crippen LogP contribution in [0.5, 0.6) is 0 Å². The SMILES string of the molecule is NCC[C@H](NC(=O)[C@H]1CCCN1C(=O)C(N)CN)C(=O)NCc1ccccc1. The third-order valence-corrected chi connectivity index (χ3v) is 4.81. The molecule has 1 aromatic rings. The van der Waals surface area contributed by atoms with E-state index in [1.165, 1.54) is 4.90 Å². The number of rotatable bonds is 9. The van der Waals surface area contributed by atoms with Gasteiger partial charge in [0.1, 0.15) is 12.1 Å². The van der Waals surface area contributed by atoms with E-state index in [0.717, 1.165) is 5.56 Å². The molecular weight excluding hydrogens is 360 g/mol. The number of nitrogens with one attached hydrogen (secondary N) is 2. The highest BCUT2D eigenvalue weighted by Gasteiger charge is 2.37. The van der Waals surface area contributed by atoms with Gasteiger partial charge in [0.05, 0.1) is 6.04 Å². The van der Waals surface area contributed by atoms with Gasteiger partial charge in [-0.1, -0.05) is 30.3 Å². The zero-order valence-corrected chi connectivity index (χ0v) is 16.0. The Labute approximate surface area is 165 Å². The van der Waals surface area contributed by atoms with E-state index in [9.17, 15) is 14.4 Å². The highest BCUT2D eigenvalue weighted by atomic mass is 16.2. The molecule has 1 fully saturated rings. The molecule has 3 amide bonds. The standard InChI is InChI=1S/C19H30N6O3/c20-9-8-15(17(26)23-12-13-5-2-1-3-6-13)24-18(27)16-7-4-10-25(16)19(28)14(22)11-21/h1-3,5-6,14-16H,4,7-12,20-22H2,(H,23,26)(H,24,27)/t14?,15-,16+/m0/s1. The van der Waals surface area contributed by atoms with Crippen LogP contribution in [0.1, 0.15) is 24.8 Å². The number of carbonyl (C=O) groups is 3. The van der Waals surface area contributed by atoms with E-state index in [0.29, 0.717) is 32.4 Å². The zero-order valence-electron chi connectivity index (χ0n) is 16.0. The number of hydrogen-bond acceptors (Lipinski definition) is 6. The van der Waals surface area contributed by atoms with Crippen molar-refractivity contribution >= 4 is 17.7 Å². The summed E-state index contributed by atoms with van der Waals surface area (Å²) in [6.07, 6.45) is 1.52. The molecule has 1 unspecified atom stereocenters. The second-order valence-electron chi connectivity index (χ2n) is 6.87. The summed E-state index contributed by atoms with van der Waals surface area (Å²) >= 11 is 0. The largest absolute Gasteiger partial charge is 0.350 e. The third-order valence-electron chi connectivity index (χ3n) is 4.81. The topological polar surface area (TPSA) is 157 Å². The van der Waals surface area contributed by atoms with Gasteiger partial charge in [0, 0.05) is 19.6 Å². The molecule has 0 aliphatic carbocycles. The predicted molar refractivity (Wildman–Crippen MR) is 106 cm³/mol. The number of carbonyl (C=O) groups excluding carboxylic acids is 3. The molecule has 9 nitrogen and oxygen atoms in total. The number of nitrogens with two attached hydrogens (primary N) is 3. The minimum atomic E-state index is -0.831. The quantitative estimate of drug-likeness (QED) is 0.342. The van der Waals surface area contributed by atoms with E-state index in [4.69, 9.17) is 17.2 Å². The first-order valence-corrected chi connectivity index (χ1v) is 9.56. The molecule has 1 saturated heterocycles. The lowest BCUT2D eigenvalue weighted by Gasteiger charge is -2.28. The van der Waals surface area contributed by atoms with Crippen LogP contribution < -0.4 is 27.8 Å². The van der Waals surface area contributed by atoms with Crippen molar-refractivity contribution in [3.05, 3.63) is 35.9 Å². The summed E-state index contributed by atoms with van der Waals surface area (Å²) in [5.74, 6) is -1.02. The molecule has 1 aliphatic heterocycles. The summed E-state index contributed by atoms with van der Waals surface area (Å²) in [6, 6.07) is 7.24. The zero-order chi connectivity index (χ0) is 20.5. The van der Waals surface area contributed by atoms with Crippen LogP contribution in [0.3, 0.4) is 0 Å². The molecular formula is C19H30N6O3. The Morgan fingerprint density at radius 1 is 1.18 bits per heavy atom. The van der Waals surface area contributed by atoms with Crippen molar-refractivity contribution in [1.29, 1.82) is 0 Å². The van der Waals surface area contributed by atoms with Gasteiger partial charge in [-0.15, -0.1) is 0 Å². The molecule has 154 valence electrons. The van der Waals surface area contributed by atoms with E-state index < -0.39 is 18.1 Å². The summed E-state index contributed by atoms with van der Waals surface area (Å²) in [7, 11) is 0. The molecule has 1 aliphatic rings. The number of amides is 3. The minimum absolute atomic E-state index is 0.0152. The molecule has 1 heterocycles. The molecule has 3 atom stereocenters. The molecule has 0 aromatic heterocycles. The Morgan fingerprint density at radius 2 is 1.89 bits per heavy atom. The van der Waals surface area contributed by atoms with E-state index in [-0.39, 0.29) is 30.8 Å². The van der Waals surface area contributed by atoms with Crippen LogP contribution in [-0.4, -0.2) is 60.4 Å². The normalized spacial score (nSPS) is 18.4. The van der Waals surface area contributed by atoms with Crippen LogP contribution in [-0.2, 0) is 20.9 Å². The molecule has 9 heteroatoms. The number of likely N-dealkylation sites (tertiary alicyclic amines) is 1. The third kappa shape index (κ3) is 5.75. The summed E-state index contributed by atoms with van der Waals surface area (Å²) in [5, 5.41) is 5.56. The van der Waals surface area contributed by atoms with E-state index in [2.05, 4.69) is 10.6 Å². The summed E-state index contributed by atoms with van der Waals surface area (Å²) in [5.41, 5.74) is 17.8. The first kappa shape index (κ1) is 21.8. The molecule has 1 aromatic carbocycles. The molecule has 0 saturated carbocycles. The Bertz CT molecular complexity index is 669. The van der Waals surface area contributed by atoms with Crippen LogP contribution in [0.25, 0.3) is 0 Å². The maximum absolute atomic E-state index is 12.7. The summed E-state index contributed by atoms with van der Waals surface area (Å²) in [4.78, 5) is 39.1. The van der Waals surface area contributed by atoms with Crippen molar-refractivity contribution in [2.24, 2.45) is 17.2 Å². The first-order chi connectivity index (χ1) is 13.5. The molecule has 0 bridgehead atoms. The minimum Gasteiger partial charge on any atom is -0.350 e. The second kappa shape index (κ2) is 10.7. The Morgan fingerprint density at radius 3 is 2.54 bits per heavy atom. The van der Waals surface area contributed by atoms with Crippen molar-refractivity contribution in [3.63, 3.8) is 0 Å². The molecule has 0 radical (unpaired) electrons. The van der Waals surface area contributed by atoms with Crippen molar-refractivity contribution < 1.29 is 14.4 Å². The van der Waals surface area contributed by atoms with Gasteiger partial charge < -0.3 is 32.7 Å². The van der Waals surface area contributed by atoms with Crippen LogP contribution >= 0.6 is 0 Å². The van der Waals surface area contributed by atoms with Crippen LogP contribution in [0.4, 0.5) is 0 Å². The fourth-order valence-electron chi connectivity index (χ4n) is 3.23. The highest BCUT2D eigenvalue weighted by Crippen LogP contribution is 2.18. The predicted octanol–water partition coefficient (Wildman–Crippen LogP) is -1.59. The molecule has 2 rings (SSSR count). The maximum Gasteiger partial charge on any atom is 0.243 e. The van der Waals surface area contributed by atoms with E-state index >= 15 is 0 Å². The van der Waals surface area contributed by atoms with Crippen molar-refractivity contribution in [2.75, 3.05) is 19.6 Å². The lowest BCUT2D eigenvalue weighted by Crippen LogP contribution is -2.56. The van der Waals surface area contributed by atoms with Crippen LogP contribution in [0, 0.1) is 0 Å². The number of hydrogen-bond donors (Lipinski definition) is 5. The van der Waals surface area contributed by atoms with Gasteiger partial charge in [0.15, 0.2) is 0 Å². The second-order valence-corrected chi connectivity index (χ2v) is 6.87. The van der Waals surface area contributed by atoms with Gasteiger partial charge in [-0.2, -0.15) is 0 Å². The molecule has 28 heavy (non-hydrogen) atoms. The fourth-order valence-corrected chi connectivity index (χ4v) is 3.23. The average Bonchev–Trinajstić information content (AvgIpc) is 3.21. The Kier molecular flexibility index (Phi) is 8.37. The number of benzene rings is 1. The van der Waals surface area contributed by atoms with Gasteiger partial charge >= 0.3 is 0 Å². The smallest absolute Gasteiger partial charge is 0.243 e. The lowest BCUT2D eigenvalue weighted by atomic mass is 10.1. The van der Waals surface area contributed by atoms with Crippen LogP contribution in [0.15, 0.2) is 30.3 Å². The van der Waals surface area contributed by atoms with Gasteiger partial charge in [-0.05, 0) is 31.4 Å². The fraction of sp³-hybridized carbons (Fsp3) is 0.526. The maximum atomic E-state index is 12.7. The average molecular weight is 390 g/mol. The van der Waals surface area contributed by atoms with Gasteiger partial charge in [-0.25, -0.2) is 0 Å². The van der Waals surface area contributed by atoms with Crippen molar-refractivity contribution in [2.45, 2.75) is 43.9 Å². The van der Waals surface area contributed by atoms with Crippen molar-refractivity contribution in [3.8, 4) is 0 Å². The molecule has 0 spiro atoms. The summed E-state index contributed by atoms with van der Waals surface area (Å²) in [6.45, 7) is 1.07. The summed E-state index contributed by atoms with van der Waals surface area (Å²) < 4.78 is 0. The number of nitrogens with zero attached hydrogens (tertiary/aromatic N) is 1. The van der Waals surface area contributed by atoms with Crippen molar-refractivity contribution in [1.82, 2.24) is 15.5 Å². The highest BCUT2D eigenvalue weighted by molar-refractivity contribution is 5.93. The monoisotopic (exact) mass is 390 g/mol.